The number of hydrogen-bond donors (Lipinski definition) is 0. The van der Waals surface area contributed by atoms with Gasteiger partial charge in [-0.05, 0) is 70.1 Å². The van der Waals surface area contributed by atoms with Crippen molar-refractivity contribution in [3.63, 3.8) is 0 Å². The zero-order valence-corrected chi connectivity index (χ0v) is 27.4. The molecule has 0 unspecified atom stereocenters. The van der Waals surface area contributed by atoms with Crippen LogP contribution in [0.3, 0.4) is 0 Å². The van der Waals surface area contributed by atoms with Crippen LogP contribution in [0.15, 0.2) is 140 Å². The van der Waals surface area contributed by atoms with Gasteiger partial charge in [0.1, 0.15) is 39.9 Å². The van der Waals surface area contributed by atoms with E-state index in [0.717, 1.165) is 14.8 Å². The third-order valence-electron chi connectivity index (χ3n) is 6.97. The molecule has 7 aromatic rings. The van der Waals surface area contributed by atoms with Crippen LogP contribution in [-0.2, 0) is 13.2 Å². The van der Waals surface area contributed by atoms with Gasteiger partial charge in [0.2, 0.25) is 17.7 Å². The highest BCUT2D eigenvalue weighted by Crippen LogP contribution is 2.28. The first-order valence-electron chi connectivity index (χ1n) is 14.8. The molecule has 0 aliphatic rings. The van der Waals surface area contributed by atoms with E-state index >= 15 is 0 Å². The van der Waals surface area contributed by atoms with Crippen molar-refractivity contribution in [2.45, 2.75) is 13.2 Å². The van der Waals surface area contributed by atoms with E-state index in [1.54, 1.807) is 54.6 Å². The van der Waals surface area contributed by atoms with Crippen LogP contribution in [0, 0.1) is 21.3 Å². The van der Waals surface area contributed by atoms with E-state index in [9.17, 15) is 13.2 Å². The Hall–Kier alpha value is -5.43. The molecule has 0 atom stereocenters. The Morgan fingerprint density at radius 1 is 0.562 bits per heavy atom. The second kappa shape index (κ2) is 15.4. The summed E-state index contributed by atoms with van der Waals surface area (Å²) >= 11 is 2.11. The largest absolute Gasteiger partial charge is 0.472 e. The van der Waals surface area contributed by atoms with E-state index in [0.29, 0.717) is 41.9 Å². The molecule has 48 heavy (non-hydrogen) atoms. The molecule has 0 spiro atoms. The van der Waals surface area contributed by atoms with E-state index in [-0.39, 0.29) is 11.5 Å². The maximum absolute atomic E-state index is 14.3. The molecule has 7 rings (SSSR count). The standard InChI is InChI=1S/C21H15F2N3O.C16H12FIN2O/c22-17-8-4-5-9-18(17)26-19(16-10-11-20(23)24-13-16)12-21(25-26)27-14-15-6-2-1-3-7-15;17-13-8-4-5-9-14(13)20-15(18)10-16(19-20)21-11-12-6-2-1-3-7-12/h1-13H,14H2;1-10H,11H2. The van der Waals surface area contributed by atoms with E-state index in [1.807, 2.05) is 60.7 Å². The molecule has 0 saturated heterocycles. The van der Waals surface area contributed by atoms with E-state index < -0.39 is 11.8 Å². The summed E-state index contributed by atoms with van der Waals surface area (Å²) in [6.45, 7) is 0.765. The van der Waals surface area contributed by atoms with Gasteiger partial charge in [-0.15, -0.1) is 10.2 Å². The maximum atomic E-state index is 14.3. The molecule has 0 N–H and O–H groups in total. The molecule has 0 radical (unpaired) electrons. The van der Waals surface area contributed by atoms with Crippen LogP contribution in [0.2, 0.25) is 0 Å². The predicted molar refractivity (Wildman–Crippen MR) is 184 cm³/mol. The molecule has 0 fully saturated rings. The molecule has 4 aromatic carbocycles. The number of ether oxygens (including phenoxy) is 2. The molecular formula is C37H27F3IN5O2. The fourth-order valence-electron chi connectivity index (χ4n) is 4.63. The zero-order chi connectivity index (χ0) is 33.3. The van der Waals surface area contributed by atoms with Gasteiger partial charge in [-0.3, -0.25) is 0 Å². The summed E-state index contributed by atoms with van der Waals surface area (Å²) in [5.41, 5.74) is 3.89. The minimum absolute atomic E-state index is 0.270. The van der Waals surface area contributed by atoms with Crippen molar-refractivity contribution in [2.24, 2.45) is 0 Å². The summed E-state index contributed by atoms with van der Waals surface area (Å²) in [6.07, 6.45) is 1.38. The average molecular weight is 758 g/mol. The Bertz CT molecular complexity index is 2090. The quantitative estimate of drug-likeness (QED) is 0.109. The topological polar surface area (TPSA) is 67.0 Å². The van der Waals surface area contributed by atoms with Crippen LogP contribution in [-0.4, -0.2) is 24.5 Å². The number of para-hydroxylation sites is 2. The van der Waals surface area contributed by atoms with Crippen LogP contribution >= 0.6 is 22.6 Å². The van der Waals surface area contributed by atoms with Crippen molar-refractivity contribution in [3.05, 3.63) is 172 Å². The first-order chi connectivity index (χ1) is 23.4. The summed E-state index contributed by atoms with van der Waals surface area (Å²) in [6, 6.07) is 38.6. The van der Waals surface area contributed by atoms with Gasteiger partial charge in [-0.2, -0.15) is 4.39 Å². The normalized spacial score (nSPS) is 10.7. The maximum Gasteiger partial charge on any atom is 0.234 e. The minimum Gasteiger partial charge on any atom is -0.472 e. The Labute approximate surface area is 288 Å². The van der Waals surface area contributed by atoms with E-state index in [4.69, 9.17) is 9.47 Å². The third kappa shape index (κ3) is 8.10. The van der Waals surface area contributed by atoms with Crippen molar-refractivity contribution in [2.75, 3.05) is 0 Å². The fourth-order valence-corrected chi connectivity index (χ4v) is 5.27. The number of hydrogen-bond acceptors (Lipinski definition) is 5. The van der Waals surface area contributed by atoms with Gasteiger partial charge in [0, 0.05) is 23.9 Å². The number of nitrogens with zero attached hydrogens (tertiary/aromatic N) is 5. The van der Waals surface area contributed by atoms with Crippen LogP contribution in [0.5, 0.6) is 11.8 Å². The highest BCUT2D eigenvalue weighted by molar-refractivity contribution is 14.1. The average Bonchev–Trinajstić information content (AvgIpc) is 3.71. The van der Waals surface area contributed by atoms with Crippen molar-refractivity contribution in [3.8, 4) is 34.4 Å². The molecule has 0 amide bonds. The number of benzene rings is 4. The van der Waals surface area contributed by atoms with Gasteiger partial charge >= 0.3 is 0 Å². The molecule has 3 aromatic heterocycles. The Morgan fingerprint density at radius 2 is 1.06 bits per heavy atom. The zero-order valence-electron chi connectivity index (χ0n) is 25.3. The molecule has 0 bridgehead atoms. The van der Waals surface area contributed by atoms with E-state index in [1.165, 1.54) is 33.8 Å². The van der Waals surface area contributed by atoms with Gasteiger partial charge in [0.05, 0.1) is 5.69 Å². The first-order valence-corrected chi connectivity index (χ1v) is 15.8. The summed E-state index contributed by atoms with van der Waals surface area (Å²) in [5, 5.41) is 8.69. The van der Waals surface area contributed by atoms with E-state index in [2.05, 4.69) is 37.8 Å². The molecule has 11 heteroatoms. The minimum atomic E-state index is -0.587. The van der Waals surface area contributed by atoms with Crippen molar-refractivity contribution < 1.29 is 22.6 Å². The van der Waals surface area contributed by atoms with Gasteiger partial charge in [0.25, 0.3) is 0 Å². The molecule has 3 heterocycles. The lowest BCUT2D eigenvalue weighted by atomic mass is 10.2. The molecule has 0 saturated carbocycles. The second-order valence-corrected chi connectivity index (χ2v) is 11.4. The SMILES string of the molecule is Fc1ccc(-c2cc(OCc3ccccc3)nn2-c2ccccc2F)cn1.Fc1ccccc1-n1nc(OCc2ccccc2)cc1I. The summed E-state index contributed by atoms with van der Waals surface area (Å²) < 4.78 is 56.5. The smallest absolute Gasteiger partial charge is 0.234 e. The molecule has 7 nitrogen and oxygen atoms in total. The van der Waals surface area contributed by atoms with Crippen LogP contribution < -0.4 is 9.47 Å². The van der Waals surface area contributed by atoms with Gasteiger partial charge in [-0.1, -0.05) is 84.9 Å². The molecule has 240 valence electrons. The number of halogens is 4. The van der Waals surface area contributed by atoms with Gasteiger partial charge in [-0.25, -0.2) is 23.1 Å². The molecule has 0 aliphatic carbocycles. The monoisotopic (exact) mass is 757 g/mol. The lowest BCUT2D eigenvalue weighted by molar-refractivity contribution is 0.291. The molecule has 0 aliphatic heterocycles. The lowest BCUT2D eigenvalue weighted by Crippen LogP contribution is -2.03. The first kappa shape index (κ1) is 32.5. The summed E-state index contributed by atoms with van der Waals surface area (Å²) in [5.74, 6) is -0.510. The Balaban J connectivity index is 0.000000173. The van der Waals surface area contributed by atoms with Crippen molar-refractivity contribution in [1.29, 1.82) is 0 Å². The van der Waals surface area contributed by atoms with Gasteiger partial charge in [0.15, 0.2) is 0 Å². The summed E-state index contributed by atoms with van der Waals surface area (Å²) in [4.78, 5) is 3.67. The van der Waals surface area contributed by atoms with Crippen LogP contribution in [0.4, 0.5) is 13.2 Å². The fraction of sp³-hybridized carbons (Fsp3) is 0.0541. The lowest BCUT2D eigenvalue weighted by Gasteiger charge is -2.08. The predicted octanol–water partition coefficient (Wildman–Crippen LogP) is 8.99. The van der Waals surface area contributed by atoms with Gasteiger partial charge < -0.3 is 9.47 Å². The number of aromatic nitrogens is 5. The van der Waals surface area contributed by atoms with Crippen LogP contribution in [0.25, 0.3) is 22.6 Å². The van der Waals surface area contributed by atoms with Crippen molar-refractivity contribution in [1.82, 2.24) is 24.5 Å². The second-order valence-electron chi connectivity index (χ2n) is 10.3. The highest BCUT2D eigenvalue weighted by Gasteiger charge is 2.16. The number of pyridine rings is 1. The Kier molecular flexibility index (Phi) is 10.5. The van der Waals surface area contributed by atoms with Crippen LogP contribution in [0.1, 0.15) is 11.1 Å². The Morgan fingerprint density at radius 3 is 1.60 bits per heavy atom. The third-order valence-corrected chi connectivity index (χ3v) is 7.74. The van der Waals surface area contributed by atoms with Crippen molar-refractivity contribution >= 4 is 22.6 Å². The highest BCUT2D eigenvalue weighted by atomic mass is 127. The molecular weight excluding hydrogens is 730 g/mol. The summed E-state index contributed by atoms with van der Waals surface area (Å²) in [7, 11) is 0. The number of rotatable bonds is 9.